The topological polar surface area (TPSA) is 113 Å². The number of hydrogen-bond donors (Lipinski definition) is 3. The van der Waals surface area contributed by atoms with Crippen molar-refractivity contribution >= 4 is 21.6 Å². The summed E-state index contributed by atoms with van der Waals surface area (Å²) < 4.78 is 26.8. The SMILES string of the molecule is CNCc1ccc(Cl)c(S(=O)(=O)NCc2nn[nH]n2)c1. The highest BCUT2D eigenvalue weighted by molar-refractivity contribution is 7.89. The average Bonchev–Trinajstić information content (AvgIpc) is 2.92. The molecule has 0 saturated heterocycles. The Morgan fingerprint density at radius 3 is 2.80 bits per heavy atom. The van der Waals surface area contributed by atoms with Crippen LogP contribution in [0.5, 0.6) is 0 Å². The second-order valence-electron chi connectivity index (χ2n) is 3.95. The van der Waals surface area contributed by atoms with Crippen LogP contribution in [-0.2, 0) is 23.1 Å². The van der Waals surface area contributed by atoms with Crippen LogP contribution in [0.3, 0.4) is 0 Å². The van der Waals surface area contributed by atoms with E-state index < -0.39 is 10.0 Å². The van der Waals surface area contributed by atoms with E-state index >= 15 is 0 Å². The summed E-state index contributed by atoms with van der Waals surface area (Å²) in [5.74, 6) is 0.246. The predicted molar refractivity (Wildman–Crippen MR) is 72.4 cm³/mol. The van der Waals surface area contributed by atoms with Crippen molar-refractivity contribution in [1.29, 1.82) is 0 Å². The molecule has 0 amide bonds. The fourth-order valence-corrected chi connectivity index (χ4v) is 3.09. The quantitative estimate of drug-likeness (QED) is 0.694. The van der Waals surface area contributed by atoms with Gasteiger partial charge in [-0.05, 0) is 24.7 Å². The summed E-state index contributed by atoms with van der Waals surface area (Å²) in [6.07, 6.45) is 0. The van der Waals surface area contributed by atoms with Gasteiger partial charge in [-0.25, -0.2) is 13.1 Å². The van der Waals surface area contributed by atoms with Gasteiger partial charge in [-0.2, -0.15) is 5.21 Å². The number of halogens is 1. The number of tetrazole rings is 1. The molecule has 0 aliphatic heterocycles. The number of hydrogen-bond acceptors (Lipinski definition) is 6. The van der Waals surface area contributed by atoms with Crippen LogP contribution in [0.2, 0.25) is 5.02 Å². The molecule has 0 spiro atoms. The number of rotatable bonds is 6. The number of benzene rings is 1. The van der Waals surface area contributed by atoms with Crippen LogP contribution >= 0.6 is 11.6 Å². The Labute approximate surface area is 121 Å². The van der Waals surface area contributed by atoms with E-state index in [4.69, 9.17) is 11.6 Å². The van der Waals surface area contributed by atoms with Gasteiger partial charge in [0.15, 0.2) is 5.82 Å². The zero-order valence-electron chi connectivity index (χ0n) is 10.6. The van der Waals surface area contributed by atoms with E-state index in [1.165, 1.54) is 6.07 Å². The standard InChI is InChI=1S/C10H13ClN6O2S/c1-12-5-7-2-3-8(11)9(4-7)20(18,19)13-6-10-14-16-17-15-10/h2-4,12-13H,5-6H2,1H3,(H,14,15,16,17). The molecule has 0 radical (unpaired) electrons. The Hall–Kier alpha value is -1.55. The molecule has 8 nitrogen and oxygen atoms in total. The van der Waals surface area contributed by atoms with Crippen LogP contribution in [-0.4, -0.2) is 36.1 Å². The van der Waals surface area contributed by atoms with E-state index in [9.17, 15) is 8.42 Å². The molecule has 0 aliphatic rings. The molecule has 1 aromatic heterocycles. The number of H-pyrrole nitrogens is 1. The van der Waals surface area contributed by atoms with E-state index in [1.54, 1.807) is 19.2 Å². The summed E-state index contributed by atoms with van der Waals surface area (Å²) in [6, 6.07) is 4.84. The largest absolute Gasteiger partial charge is 0.316 e. The van der Waals surface area contributed by atoms with E-state index in [-0.39, 0.29) is 22.3 Å². The van der Waals surface area contributed by atoms with Gasteiger partial charge in [0.1, 0.15) is 4.90 Å². The summed E-state index contributed by atoms with van der Waals surface area (Å²) in [7, 11) is -1.96. The minimum Gasteiger partial charge on any atom is -0.316 e. The summed E-state index contributed by atoms with van der Waals surface area (Å²) in [6.45, 7) is 0.482. The van der Waals surface area contributed by atoms with E-state index in [0.29, 0.717) is 6.54 Å². The van der Waals surface area contributed by atoms with Crippen LogP contribution in [0, 0.1) is 0 Å². The lowest BCUT2D eigenvalue weighted by molar-refractivity contribution is 0.579. The van der Waals surface area contributed by atoms with Crippen molar-refractivity contribution in [2.75, 3.05) is 7.05 Å². The summed E-state index contributed by atoms with van der Waals surface area (Å²) >= 11 is 5.95. The third-order valence-corrected chi connectivity index (χ3v) is 4.36. The van der Waals surface area contributed by atoms with Gasteiger partial charge in [0.05, 0.1) is 11.6 Å². The molecular weight excluding hydrogens is 304 g/mol. The Morgan fingerprint density at radius 1 is 1.35 bits per heavy atom. The number of nitrogens with zero attached hydrogens (tertiary/aromatic N) is 3. The van der Waals surface area contributed by atoms with E-state index in [0.717, 1.165) is 5.56 Å². The van der Waals surface area contributed by atoms with Gasteiger partial charge >= 0.3 is 0 Å². The van der Waals surface area contributed by atoms with Gasteiger partial charge < -0.3 is 5.32 Å². The summed E-state index contributed by atoms with van der Waals surface area (Å²) in [5, 5.41) is 16.0. The maximum atomic E-state index is 12.2. The van der Waals surface area contributed by atoms with Gasteiger partial charge in [-0.15, -0.1) is 10.2 Å². The molecule has 20 heavy (non-hydrogen) atoms. The van der Waals surface area contributed by atoms with Crippen LogP contribution in [0.4, 0.5) is 0 Å². The van der Waals surface area contributed by atoms with Crippen molar-refractivity contribution in [2.45, 2.75) is 18.0 Å². The lowest BCUT2D eigenvalue weighted by Gasteiger charge is -2.09. The molecule has 1 heterocycles. The highest BCUT2D eigenvalue weighted by Gasteiger charge is 2.19. The number of aromatic nitrogens is 4. The fourth-order valence-electron chi connectivity index (χ4n) is 1.56. The number of sulfonamides is 1. The van der Waals surface area contributed by atoms with Crippen LogP contribution in [0.15, 0.2) is 23.1 Å². The Morgan fingerprint density at radius 2 is 2.15 bits per heavy atom. The molecule has 108 valence electrons. The number of aromatic amines is 1. The highest BCUT2D eigenvalue weighted by Crippen LogP contribution is 2.22. The molecule has 0 unspecified atom stereocenters. The van der Waals surface area contributed by atoms with Crippen LogP contribution in [0.1, 0.15) is 11.4 Å². The molecule has 0 saturated carbocycles. The highest BCUT2D eigenvalue weighted by atomic mass is 35.5. The van der Waals surface area contributed by atoms with Gasteiger partial charge in [0.2, 0.25) is 10.0 Å². The Kier molecular flexibility index (Phi) is 4.65. The van der Waals surface area contributed by atoms with Gasteiger partial charge in [-0.1, -0.05) is 22.9 Å². The zero-order valence-corrected chi connectivity index (χ0v) is 12.2. The van der Waals surface area contributed by atoms with E-state index in [2.05, 4.69) is 30.7 Å². The Balaban J connectivity index is 2.21. The molecule has 3 N–H and O–H groups in total. The molecular formula is C10H13ClN6O2S. The monoisotopic (exact) mass is 316 g/mol. The predicted octanol–water partition coefficient (Wildman–Crippen LogP) is 0.0510. The maximum Gasteiger partial charge on any atom is 0.242 e. The summed E-state index contributed by atoms with van der Waals surface area (Å²) in [5.41, 5.74) is 0.817. The molecule has 0 bridgehead atoms. The lowest BCUT2D eigenvalue weighted by Crippen LogP contribution is -2.24. The molecule has 10 heteroatoms. The first-order valence-corrected chi connectivity index (χ1v) is 7.54. The van der Waals surface area contributed by atoms with Crippen LogP contribution in [0.25, 0.3) is 0 Å². The minimum absolute atomic E-state index is 0.0235. The second kappa shape index (κ2) is 6.27. The summed E-state index contributed by atoms with van der Waals surface area (Å²) in [4.78, 5) is 0.0235. The minimum atomic E-state index is -3.74. The van der Waals surface area contributed by atoms with Crippen molar-refractivity contribution in [3.8, 4) is 0 Å². The fraction of sp³-hybridized carbons (Fsp3) is 0.300. The third-order valence-electron chi connectivity index (χ3n) is 2.48. The first-order chi connectivity index (χ1) is 9.53. The normalized spacial score (nSPS) is 11.7. The molecule has 2 aromatic rings. The average molecular weight is 317 g/mol. The first-order valence-electron chi connectivity index (χ1n) is 5.68. The molecule has 1 aromatic carbocycles. The Bertz CT molecular complexity index is 673. The van der Waals surface area contributed by atoms with Crippen molar-refractivity contribution < 1.29 is 8.42 Å². The molecule has 0 atom stereocenters. The zero-order chi connectivity index (χ0) is 14.6. The van der Waals surface area contributed by atoms with Crippen LogP contribution < -0.4 is 10.0 Å². The third kappa shape index (κ3) is 3.51. The molecule has 2 rings (SSSR count). The van der Waals surface area contributed by atoms with Gasteiger partial charge in [-0.3, -0.25) is 0 Å². The van der Waals surface area contributed by atoms with E-state index in [1.807, 2.05) is 0 Å². The first kappa shape index (κ1) is 14.9. The number of nitrogens with one attached hydrogen (secondary N) is 3. The molecule has 0 fully saturated rings. The van der Waals surface area contributed by atoms with Gasteiger partial charge in [0.25, 0.3) is 0 Å². The lowest BCUT2D eigenvalue weighted by atomic mass is 10.2. The maximum absolute atomic E-state index is 12.2. The smallest absolute Gasteiger partial charge is 0.242 e. The van der Waals surface area contributed by atoms with Crippen molar-refractivity contribution in [2.24, 2.45) is 0 Å². The molecule has 0 aliphatic carbocycles. The van der Waals surface area contributed by atoms with Crippen molar-refractivity contribution in [3.63, 3.8) is 0 Å². The second-order valence-corrected chi connectivity index (χ2v) is 6.09. The van der Waals surface area contributed by atoms with Gasteiger partial charge in [0, 0.05) is 6.54 Å². The van der Waals surface area contributed by atoms with Crippen molar-refractivity contribution in [3.05, 3.63) is 34.6 Å². The van der Waals surface area contributed by atoms with Crippen molar-refractivity contribution in [1.82, 2.24) is 30.7 Å².